The van der Waals surface area contributed by atoms with Crippen molar-refractivity contribution >= 4 is 86.4 Å². The molecule has 0 N–H and O–H groups in total. The van der Waals surface area contributed by atoms with E-state index in [1.54, 1.807) is 24.8 Å². The summed E-state index contributed by atoms with van der Waals surface area (Å²) in [6.07, 6.45) is 7.23. The number of hydrogen-bond acceptors (Lipinski definition) is 10. The van der Waals surface area contributed by atoms with Crippen LogP contribution in [0.25, 0.3) is 222 Å². The van der Waals surface area contributed by atoms with E-state index in [9.17, 15) is 0 Å². The number of rotatable bonds is 12. The maximum Gasteiger partial charge on any atom is 0.164 e. The standard InChI is InChI=1S/C54H34N4.C52H32N6/c1-3-13-35(14-4-1)37-23-29-40(30-24-37)52-56-53(41-31-25-38(26-32-41)36-15-5-2-6-16-36)58-54(57-52)42-33-27-39(28-34-42)50-48-22-12-10-20-46(48)49-45-19-9-7-17-43(45)44-18-8-11-21-47(44)51(49)55-50;1-3-9-43-41(7-1)42-8-2-5-11-45(42)49-47(43)44-10-4-6-12-46(44)48(55-49)37-17-23-40(24-18-37)52-57-50(38-19-13-33(14-20-38)35-25-29-53-30-26-35)56-51(58-52)39-21-15-34(16-22-39)36-27-31-54-32-28-36/h1-34H;1-32H. The van der Waals surface area contributed by atoms with Crippen molar-refractivity contribution in [2.24, 2.45) is 0 Å². The fourth-order valence-electron chi connectivity index (χ4n) is 16.3. The van der Waals surface area contributed by atoms with Crippen molar-refractivity contribution in [3.8, 4) is 135 Å². The molecule has 10 nitrogen and oxygen atoms in total. The lowest BCUT2D eigenvalue weighted by Gasteiger charge is -2.15. The highest BCUT2D eigenvalue weighted by Crippen LogP contribution is 2.44. The molecule has 0 bridgehead atoms. The van der Waals surface area contributed by atoms with Gasteiger partial charge in [-0.2, -0.15) is 0 Å². The Labute approximate surface area is 668 Å². The van der Waals surface area contributed by atoms with Gasteiger partial charge in [0.25, 0.3) is 0 Å². The van der Waals surface area contributed by atoms with Gasteiger partial charge in [0.15, 0.2) is 34.9 Å². The average Bonchev–Trinajstić information content (AvgIpc) is 0.725. The highest BCUT2D eigenvalue weighted by Gasteiger charge is 2.22. The van der Waals surface area contributed by atoms with Gasteiger partial charge in [0.1, 0.15) is 0 Å². The van der Waals surface area contributed by atoms with Crippen molar-refractivity contribution in [2.75, 3.05) is 0 Å². The van der Waals surface area contributed by atoms with Crippen molar-refractivity contribution in [2.45, 2.75) is 0 Å². The largest absolute Gasteiger partial charge is 0.265 e. The lowest BCUT2D eigenvalue weighted by atomic mass is 9.92. The number of benzene rings is 16. The van der Waals surface area contributed by atoms with Crippen LogP contribution in [0.5, 0.6) is 0 Å². The maximum absolute atomic E-state index is 5.48. The molecule has 116 heavy (non-hydrogen) atoms. The third-order valence-corrected chi connectivity index (χ3v) is 22.1. The van der Waals surface area contributed by atoms with Crippen molar-refractivity contribution in [3.05, 3.63) is 401 Å². The van der Waals surface area contributed by atoms with Crippen LogP contribution in [-0.4, -0.2) is 49.8 Å². The summed E-state index contributed by atoms with van der Waals surface area (Å²) in [7, 11) is 0. The highest BCUT2D eigenvalue weighted by molar-refractivity contribution is 6.33. The molecule has 0 saturated heterocycles. The Balaban J connectivity index is 0.000000145. The van der Waals surface area contributed by atoms with E-state index < -0.39 is 0 Å². The van der Waals surface area contributed by atoms with Gasteiger partial charge in [-0.25, -0.2) is 39.9 Å². The number of hydrogen-bond donors (Lipinski definition) is 0. The van der Waals surface area contributed by atoms with E-state index in [2.05, 4.69) is 350 Å². The van der Waals surface area contributed by atoms with Crippen LogP contribution in [0, 0.1) is 0 Å². The van der Waals surface area contributed by atoms with E-state index in [-0.39, 0.29) is 0 Å². The van der Waals surface area contributed by atoms with Crippen LogP contribution in [0.1, 0.15) is 0 Å². The second-order valence-electron chi connectivity index (χ2n) is 28.9. The van der Waals surface area contributed by atoms with Gasteiger partial charge in [0.2, 0.25) is 0 Å². The predicted molar refractivity (Wildman–Crippen MR) is 476 cm³/mol. The van der Waals surface area contributed by atoms with Crippen molar-refractivity contribution in [1.82, 2.24) is 49.8 Å². The molecule has 10 heteroatoms. The van der Waals surface area contributed by atoms with Gasteiger partial charge < -0.3 is 0 Å². The third-order valence-electron chi connectivity index (χ3n) is 22.1. The molecular formula is C106H66N10. The molecule has 540 valence electrons. The van der Waals surface area contributed by atoms with Crippen LogP contribution in [0.3, 0.4) is 0 Å². The summed E-state index contributed by atoms with van der Waals surface area (Å²) in [5.41, 5.74) is 20.4. The Bertz CT molecular complexity index is 6830. The quantitative estimate of drug-likeness (QED) is 0.109. The summed E-state index contributed by atoms with van der Waals surface area (Å²) < 4.78 is 0. The Morgan fingerprint density at radius 1 is 0.121 bits per heavy atom. The van der Waals surface area contributed by atoms with E-state index in [1.807, 2.05) is 36.4 Å². The highest BCUT2D eigenvalue weighted by atomic mass is 15.0. The first-order chi connectivity index (χ1) is 57.5. The molecule has 0 fully saturated rings. The lowest BCUT2D eigenvalue weighted by Crippen LogP contribution is -2.00. The molecule has 0 unspecified atom stereocenters. The zero-order chi connectivity index (χ0) is 76.8. The monoisotopic (exact) mass is 1480 g/mol. The SMILES string of the molecule is c1ccc(-c2ccc(-c3nc(-c4ccc(-c5ccccc5)cc4)nc(-c4ccc(-c5nc6c7ccccc7c7ccccc7c6c6ccccc56)cc4)n3)cc2)cc1.c1ccc2c(c1)c(-c1ccc(-c3nc(-c4ccc(-c5ccncc5)cc4)nc(-c4ccc(-c5ccncc5)cc4)n3)cc1)nc1c3ccccc3c3ccccc3c21. The van der Waals surface area contributed by atoms with E-state index >= 15 is 0 Å². The van der Waals surface area contributed by atoms with Gasteiger partial charge in [-0.3, -0.25) is 9.97 Å². The average molecular weight is 1480 g/mol. The van der Waals surface area contributed by atoms with Crippen molar-refractivity contribution in [1.29, 1.82) is 0 Å². The Kier molecular flexibility index (Phi) is 17.3. The molecule has 0 radical (unpaired) electrons. The molecule has 0 spiro atoms. The van der Waals surface area contributed by atoms with Crippen LogP contribution in [-0.2, 0) is 0 Å². The van der Waals surface area contributed by atoms with Crippen molar-refractivity contribution in [3.63, 3.8) is 0 Å². The minimum Gasteiger partial charge on any atom is -0.265 e. The van der Waals surface area contributed by atoms with Crippen molar-refractivity contribution < 1.29 is 0 Å². The maximum atomic E-state index is 5.48. The van der Waals surface area contributed by atoms with Crippen LogP contribution >= 0.6 is 0 Å². The topological polar surface area (TPSA) is 129 Å². The first-order valence-corrected chi connectivity index (χ1v) is 38.8. The molecule has 0 atom stereocenters. The molecule has 6 heterocycles. The number of nitrogens with zero attached hydrogens (tertiary/aromatic N) is 10. The Morgan fingerprint density at radius 2 is 0.302 bits per heavy atom. The summed E-state index contributed by atoms with van der Waals surface area (Å²) in [4.78, 5) is 49.7. The molecule has 0 aliphatic rings. The molecule has 0 aliphatic heterocycles. The van der Waals surface area contributed by atoms with Gasteiger partial charge in [-0.1, -0.05) is 352 Å². The summed E-state index contributed by atoms with van der Waals surface area (Å²) >= 11 is 0. The van der Waals surface area contributed by atoms with Crippen LogP contribution < -0.4 is 0 Å². The first-order valence-electron chi connectivity index (χ1n) is 38.8. The molecule has 0 aliphatic carbocycles. The van der Waals surface area contributed by atoms with E-state index in [0.29, 0.717) is 34.9 Å². The third kappa shape index (κ3) is 12.7. The van der Waals surface area contributed by atoms with Crippen LogP contribution in [0.2, 0.25) is 0 Å². The number of fused-ring (bicyclic) bond motifs is 16. The van der Waals surface area contributed by atoms with Crippen LogP contribution in [0.15, 0.2) is 401 Å². The minimum absolute atomic E-state index is 0.594. The van der Waals surface area contributed by atoms with E-state index in [4.69, 9.17) is 39.9 Å². The van der Waals surface area contributed by atoms with Gasteiger partial charge >= 0.3 is 0 Å². The molecule has 16 aromatic carbocycles. The van der Waals surface area contributed by atoms with E-state index in [1.165, 1.54) is 65.0 Å². The molecule has 0 amide bonds. The predicted octanol–water partition coefficient (Wildman–Crippen LogP) is 26.6. The number of pyridine rings is 4. The zero-order valence-corrected chi connectivity index (χ0v) is 62.6. The number of aromatic nitrogens is 10. The molecule has 22 rings (SSSR count). The second-order valence-corrected chi connectivity index (χ2v) is 28.9. The minimum atomic E-state index is 0.594. The van der Waals surface area contributed by atoms with Gasteiger partial charge in [0.05, 0.1) is 22.4 Å². The summed E-state index contributed by atoms with van der Waals surface area (Å²) in [6, 6.07) is 131. The van der Waals surface area contributed by atoms with Gasteiger partial charge in [0, 0.05) is 102 Å². The second kappa shape index (κ2) is 29.5. The normalized spacial score (nSPS) is 11.4. The Morgan fingerprint density at radius 3 is 0.569 bits per heavy atom. The molecule has 0 saturated carbocycles. The molecular weight excluding hydrogens is 1410 g/mol. The summed E-state index contributed by atoms with van der Waals surface area (Å²) in [5.74, 6) is 3.65. The lowest BCUT2D eigenvalue weighted by molar-refractivity contribution is 1.07. The first kappa shape index (κ1) is 68.3. The van der Waals surface area contributed by atoms with E-state index in [0.717, 1.165) is 122 Å². The molecule has 6 aromatic heterocycles. The zero-order valence-electron chi connectivity index (χ0n) is 62.6. The van der Waals surface area contributed by atoms with Crippen LogP contribution in [0.4, 0.5) is 0 Å². The fraction of sp³-hybridized carbons (Fsp3) is 0. The fourth-order valence-corrected chi connectivity index (χ4v) is 16.3. The smallest absolute Gasteiger partial charge is 0.164 e. The summed E-state index contributed by atoms with van der Waals surface area (Å²) in [6.45, 7) is 0. The summed E-state index contributed by atoms with van der Waals surface area (Å²) in [5, 5.41) is 16.6. The molecule has 22 aromatic rings. The Hall–Kier alpha value is -15.8. The van der Waals surface area contributed by atoms with Gasteiger partial charge in [-0.15, -0.1) is 0 Å². The van der Waals surface area contributed by atoms with Gasteiger partial charge in [-0.05, 0) is 112 Å².